The van der Waals surface area contributed by atoms with Gasteiger partial charge < -0.3 is 5.11 Å². The molecule has 1 atom stereocenters. The normalized spacial score (nSPS) is 22.1. The summed E-state index contributed by atoms with van der Waals surface area (Å²) in [5, 5.41) is 9.18. The average molecular weight is 182 g/mol. The van der Waals surface area contributed by atoms with Crippen molar-refractivity contribution in [1.82, 2.24) is 0 Å². The molecule has 0 saturated heterocycles. The zero-order valence-corrected chi connectivity index (χ0v) is 8.63. The number of aliphatic hydroxyl groups is 1. The predicted octanol–water partition coefficient (Wildman–Crippen LogP) is 3.01. The molecule has 1 aliphatic carbocycles. The van der Waals surface area contributed by atoms with Crippen LogP contribution in [0.2, 0.25) is 0 Å². The Labute approximate surface area is 80.0 Å². The molecular weight excluding hydrogens is 164 g/mol. The van der Waals surface area contributed by atoms with Gasteiger partial charge in [-0.05, 0) is 19.8 Å². The van der Waals surface area contributed by atoms with Gasteiger partial charge in [-0.1, -0.05) is 13.0 Å². The quantitative estimate of drug-likeness (QED) is 0.585. The maximum Gasteiger partial charge on any atom is 0.162 e. The van der Waals surface area contributed by atoms with Crippen molar-refractivity contribution in [2.24, 2.45) is 5.92 Å². The molecule has 0 aliphatic heterocycles. The largest absolute Gasteiger partial charge is 0.512 e. The predicted molar refractivity (Wildman–Crippen MR) is 54.6 cm³/mol. The maximum absolute atomic E-state index is 11.0. The smallest absolute Gasteiger partial charge is 0.162 e. The molecule has 2 heteroatoms. The fraction of sp³-hybridized carbons (Fsp3) is 0.545. The standard InChI is InChI=1S/C8H12O2.C3H6/c1-5-3-7(9)6(2)8(10)4-5;1-3-2/h5,9H,3-4H2,1-2H3;3H,1H2,2H3. The number of hydrogen-bond donors (Lipinski definition) is 1. The van der Waals surface area contributed by atoms with Crippen molar-refractivity contribution >= 4 is 5.78 Å². The molecule has 0 spiro atoms. The van der Waals surface area contributed by atoms with Gasteiger partial charge in [0.05, 0.1) is 5.76 Å². The van der Waals surface area contributed by atoms with Gasteiger partial charge in [0.1, 0.15) is 0 Å². The fourth-order valence-corrected chi connectivity index (χ4v) is 1.19. The first-order valence-electron chi connectivity index (χ1n) is 4.51. The van der Waals surface area contributed by atoms with Gasteiger partial charge in [-0.2, -0.15) is 0 Å². The summed E-state index contributed by atoms with van der Waals surface area (Å²) in [6.45, 7) is 8.91. The summed E-state index contributed by atoms with van der Waals surface area (Å²) in [6, 6.07) is 0. The second-order valence-corrected chi connectivity index (χ2v) is 3.42. The van der Waals surface area contributed by atoms with Gasteiger partial charge in [-0.15, -0.1) is 6.58 Å². The molecule has 1 aliphatic rings. The van der Waals surface area contributed by atoms with E-state index in [4.69, 9.17) is 0 Å². The van der Waals surface area contributed by atoms with Crippen molar-refractivity contribution in [3.05, 3.63) is 24.0 Å². The third-order valence-electron chi connectivity index (χ3n) is 1.93. The molecule has 0 fully saturated rings. The van der Waals surface area contributed by atoms with E-state index in [1.807, 2.05) is 13.8 Å². The molecule has 0 amide bonds. The van der Waals surface area contributed by atoms with Crippen molar-refractivity contribution in [3.8, 4) is 0 Å². The van der Waals surface area contributed by atoms with E-state index in [9.17, 15) is 9.90 Å². The highest BCUT2D eigenvalue weighted by atomic mass is 16.3. The van der Waals surface area contributed by atoms with Gasteiger partial charge in [0.2, 0.25) is 0 Å². The molecule has 0 bridgehead atoms. The third-order valence-corrected chi connectivity index (χ3v) is 1.93. The number of rotatable bonds is 0. The second kappa shape index (κ2) is 5.57. The minimum atomic E-state index is 0.0938. The highest BCUT2D eigenvalue weighted by Gasteiger charge is 2.21. The summed E-state index contributed by atoms with van der Waals surface area (Å²) in [7, 11) is 0. The SMILES string of the molecule is C=CC.CC1=C(O)CC(C)CC1=O. The molecule has 0 aromatic carbocycles. The molecule has 0 saturated carbocycles. The lowest BCUT2D eigenvalue weighted by Crippen LogP contribution is -2.15. The molecule has 2 nitrogen and oxygen atoms in total. The van der Waals surface area contributed by atoms with Gasteiger partial charge in [0.25, 0.3) is 0 Å². The molecule has 74 valence electrons. The first kappa shape index (κ1) is 11.9. The number of Topliss-reactive ketones (excluding diaryl/α,β-unsaturated/α-hetero) is 1. The summed E-state index contributed by atoms with van der Waals surface area (Å²) in [5.41, 5.74) is 0.554. The Hall–Kier alpha value is -1.05. The number of ketones is 1. The molecule has 1 N–H and O–H groups in total. The van der Waals surface area contributed by atoms with E-state index in [1.54, 1.807) is 13.0 Å². The highest BCUT2D eigenvalue weighted by Crippen LogP contribution is 2.24. The molecule has 0 aromatic heterocycles. The van der Waals surface area contributed by atoms with Gasteiger partial charge in [-0.3, -0.25) is 4.79 Å². The summed E-state index contributed by atoms with van der Waals surface area (Å²) in [5.74, 6) is 0.691. The van der Waals surface area contributed by atoms with Gasteiger partial charge >= 0.3 is 0 Å². The van der Waals surface area contributed by atoms with Crippen LogP contribution in [0.3, 0.4) is 0 Å². The van der Waals surface area contributed by atoms with Crippen LogP contribution in [0.15, 0.2) is 24.0 Å². The Morgan fingerprint density at radius 3 is 2.38 bits per heavy atom. The van der Waals surface area contributed by atoms with E-state index < -0.39 is 0 Å². The Bertz CT molecular complexity index is 226. The fourth-order valence-electron chi connectivity index (χ4n) is 1.19. The minimum absolute atomic E-state index is 0.0938. The monoisotopic (exact) mass is 182 g/mol. The first-order valence-corrected chi connectivity index (χ1v) is 4.51. The number of carbonyl (C=O) groups excluding carboxylic acids is 1. The van der Waals surface area contributed by atoms with Gasteiger partial charge in [0, 0.05) is 18.4 Å². The van der Waals surface area contributed by atoms with Gasteiger partial charge in [-0.25, -0.2) is 0 Å². The average Bonchev–Trinajstić information content (AvgIpc) is 2.01. The Morgan fingerprint density at radius 1 is 1.54 bits per heavy atom. The number of aliphatic hydroxyl groups excluding tert-OH is 1. The minimum Gasteiger partial charge on any atom is -0.512 e. The number of carbonyl (C=O) groups is 1. The molecule has 1 unspecified atom stereocenters. The number of allylic oxidation sites excluding steroid dienone is 3. The molecule has 1 rings (SSSR count). The van der Waals surface area contributed by atoms with Crippen molar-refractivity contribution in [2.75, 3.05) is 0 Å². The molecule has 13 heavy (non-hydrogen) atoms. The van der Waals surface area contributed by atoms with Crippen molar-refractivity contribution in [2.45, 2.75) is 33.6 Å². The van der Waals surface area contributed by atoms with Crippen molar-refractivity contribution in [3.63, 3.8) is 0 Å². The third kappa shape index (κ3) is 3.92. The van der Waals surface area contributed by atoms with E-state index in [0.717, 1.165) is 0 Å². The summed E-state index contributed by atoms with van der Waals surface area (Å²) < 4.78 is 0. The summed E-state index contributed by atoms with van der Waals surface area (Å²) in [6.07, 6.45) is 3.01. The highest BCUT2D eigenvalue weighted by molar-refractivity contribution is 5.96. The number of hydrogen-bond acceptors (Lipinski definition) is 2. The summed E-state index contributed by atoms with van der Waals surface area (Å²) in [4.78, 5) is 11.0. The zero-order chi connectivity index (χ0) is 10.4. The van der Waals surface area contributed by atoms with Crippen LogP contribution in [0, 0.1) is 5.92 Å². The maximum atomic E-state index is 11.0. The lowest BCUT2D eigenvalue weighted by atomic mass is 9.89. The van der Waals surface area contributed by atoms with E-state index in [2.05, 4.69) is 6.58 Å². The van der Waals surface area contributed by atoms with Crippen LogP contribution in [-0.4, -0.2) is 10.9 Å². The lowest BCUT2D eigenvalue weighted by molar-refractivity contribution is -0.117. The van der Waals surface area contributed by atoms with Crippen LogP contribution < -0.4 is 0 Å². The van der Waals surface area contributed by atoms with E-state index in [0.29, 0.717) is 24.3 Å². The lowest BCUT2D eigenvalue weighted by Gasteiger charge is -2.17. The van der Waals surface area contributed by atoms with Crippen LogP contribution in [0.1, 0.15) is 33.6 Å². The Morgan fingerprint density at radius 2 is 2.00 bits per heavy atom. The van der Waals surface area contributed by atoms with E-state index in [1.165, 1.54) is 0 Å². The first-order chi connectivity index (χ1) is 6.02. The molecule has 0 heterocycles. The second-order valence-electron chi connectivity index (χ2n) is 3.42. The van der Waals surface area contributed by atoms with Gasteiger partial charge in [0.15, 0.2) is 5.78 Å². The van der Waals surface area contributed by atoms with Crippen LogP contribution in [0.5, 0.6) is 0 Å². The zero-order valence-electron chi connectivity index (χ0n) is 8.63. The van der Waals surface area contributed by atoms with Crippen LogP contribution in [0.25, 0.3) is 0 Å². The Balaban J connectivity index is 0.000000424. The van der Waals surface area contributed by atoms with E-state index in [-0.39, 0.29) is 11.5 Å². The molecular formula is C11H18O2. The van der Waals surface area contributed by atoms with Crippen LogP contribution >= 0.6 is 0 Å². The van der Waals surface area contributed by atoms with Crippen molar-refractivity contribution in [1.29, 1.82) is 0 Å². The Kier molecular flexibility index (Phi) is 5.12. The van der Waals surface area contributed by atoms with Crippen LogP contribution in [-0.2, 0) is 4.79 Å². The topological polar surface area (TPSA) is 37.3 Å². The summed E-state index contributed by atoms with van der Waals surface area (Å²) >= 11 is 0. The van der Waals surface area contributed by atoms with Crippen LogP contribution in [0.4, 0.5) is 0 Å². The molecule has 0 radical (unpaired) electrons. The van der Waals surface area contributed by atoms with Crippen molar-refractivity contribution < 1.29 is 9.90 Å². The van der Waals surface area contributed by atoms with E-state index >= 15 is 0 Å². The molecule has 0 aromatic rings.